The first-order valence-corrected chi connectivity index (χ1v) is 12.6. The van der Waals surface area contributed by atoms with E-state index in [9.17, 15) is 4.79 Å². The molecule has 0 atom stereocenters. The lowest BCUT2D eigenvalue weighted by Crippen LogP contribution is -2.12. The van der Waals surface area contributed by atoms with Gasteiger partial charge in [-0.15, -0.1) is 11.3 Å². The zero-order valence-electron chi connectivity index (χ0n) is 19.9. The molecule has 2 heterocycles. The average Bonchev–Trinajstić information content (AvgIpc) is 3.38. The first-order chi connectivity index (χ1) is 18.1. The van der Waals surface area contributed by atoms with Crippen molar-refractivity contribution in [2.24, 2.45) is 0 Å². The van der Waals surface area contributed by atoms with Gasteiger partial charge in [0.05, 0.1) is 6.61 Å². The van der Waals surface area contributed by atoms with Gasteiger partial charge in [0.2, 0.25) is 0 Å². The summed E-state index contributed by atoms with van der Waals surface area (Å²) in [6.07, 6.45) is 4.63. The lowest BCUT2D eigenvalue weighted by Gasteiger charge is -2.10. The summed E-state index contributed by atoms with van der Waals surface area (Å²) < 4.78 is 0.930. The van der Waals surface area contributed by atoms with Gasteiger partial charge in [-0.1, -0.05) is 42.5 Å². The molecule has 0 aliphatic heterocycles. The number of para-hydroxylation sites is 1. The number of aliphatic hydroxyl groups excluding tert-OH is 1. The maximum atomic E-state index is 13.0. The summed E-state index contributed by atoms with van der Waals surface area (Å²) in [7, 11) is 0. The molecule has 0 bridgehead atoms. The number of carbonyl (C=O) groups is 1. The molecule has 3 aromatic carbocycles. The molecule has 0 fully saturated rings. The molecule has 0 spiro atoms. The number of rotatable bonds is 8. The topological polar surface area (TPSA) is 124 Å². The van der Waals surface area contributed by atoms with Crippen LogP contribution in [0.5, 0.6) is 0 Å². The minimum Gasteiger partial charge on any atom is -0.395 e. The van der Waals surface area contributed by atoms with Gasteiger partial charge in [0.1, 0.15) is 5.82 Å². The molecule has 6 N–H and O–H groups in total. The number of nitrogens with two attached hydrogens (primary N) is 1. The van der Waals surface area contributed by atoms with Crippen LogP contribution < -0.4 is 16.4 Å². The van der Waals surface area contributed by atoms with E-state index in [4.69, 9.17) is 16.2 Å². The van der Waals surface area contributed by atoms with Crippen molar-refractivity contribution in [3.05, 3.63) is 95.6 Å². The Morgan fingerprint density at radius 3 is 2.70 bits per heavy atom. The first-order valence-electron chi connectivity index (χ1n) is 11.7. The number of hydrogen-bond acceptors (Lipinski definition) is 7. The Labute approximate surface area is 217 Å². The minimum absolute atomic E-state index is 0.00206. The molecule has 7 nitrogen and oxygen atoms in total. The number of amides is 1. The molecule has 1 amide bonds. The summed E-state index contributed by atoms with van der Waals surface area (Å²) >= 11 is 1.54. The molecular weight excluding hydrogens is 482 g/mol. The van der Waals surface area contributed by atoms with E-state index in [1.165, 1.54) is 6.21 Å². The SMILES string of the molecule is N=C/C(=C\NCCO)c1cnc(N)c2c(-c3ccc4c(C(=O)Nc5ccccc5)cccc4c3)csc12. The highest BCUT2D eigenvalue weighted by molar-refractivity contribution is 7.18. The summed E-state index contributed by atoms with van der Waals surface area (Å²) in [4.78, 5) is 17.4. The van der Waals surface area contributed by atoms with E-state index in [1.807, 2.05) is 66.0 Å². The number of allylic oxidation sites excluding steroid dienone is 1. The second-order valence-corrected chi connectivity index (χ2v) is 9.27. The molecule has 0 unspecified atom stereocenters. The number of fused-ring (bicyclic) bond motifs is 2. The van der Waals surface area contributed by atoms with E-state index in [0.717, 1.165) is 43.2 Å². The molecule has 0 saturated heterocycles. The monoisotopic (exact) mass is 507 g/mol. The van der Waals surface area contributed by atoms with Crippen LogP contribution in [0.25, 0.3) is 37.6 Å². The number of aromatic nitrogens is 1. The molecule has 0 saturated carbocycles. The third kappa shape index (κ3) is 4.80. The molecule has 2 aromatic heterocycles. The predicted molar refractivity (Wildman–Crippen MR) is 153 cm³/mol. The number of benzene rings is 3. The molecule has 5 rings (SSSR count). The minimum atomic E-state index is -0.163. The highest BCUT2D eigenvalue weighted by Gasteiger charge is 2.17. The molecule has 8 heteroatoms. The first kappa shape index (κ1) is 24.2. The Balaban J connectivity index is 1.55. The van der Waals surface area contributed by atoms with Crippen LogP contribution in [0.2, 0.25) is 0 Å². The van der Waals surface area contributed by atoms with Crippen molar-refractivity contribution in [3.63, 3.8) is 0 Å². The lowest BCUT2D eigenvalue weighted by atomic mass is 9.97. The van der Waals surface area contributed by atoms with Crippen LogP contribution in [0, 0.1) is 5.41 Å². The summed E-state index contributed by atoms with van der Waals surface area (Å²) in [6.45, 7) is 0.388. The standard InChI is InChI=1S/C29H25N5O2S/c30-14-20(15-32-11-12-35)24-16-33-28(31)26-25(17-37-27(24)26)19-9-10-22-18(13-19)5-4-8-23(22)29(36)34-21-6-2-1-3-7-21/h1-10,13-17,30,32,35H,11-12H2,(H2,31,33)(H,34,36)/b20-15+,30-14?. The van der Waals surface area contributed by atoms with E-state index in [0.29, 0.717) is 23.5 Å². The fraction of sp³-hybridized carbons (Fsp3) is 0.0690. The second kappa shape index (κ2) is 10.6. The number of nitrogens with one attached hydrogen (secondary N) is 3. The van der Waals surface area contributed by atoms with Gasteiger partial charge < -0.3 is 26.9 Å². The summed E-state index contributed by atoms with van der Waals surface area (Å²) in [5.74, 6) is 0.253. The smallest absolute Gasteiger partial charge is 0.256 e. The molecule has 184 valence electrons. The molecule has 0 radical (unpaired) electrons. The van der Waals surface area contributed by atoms with E-state index in [2.05, 4.69) is 21.7 Å². The number of thiophene rings is 1. The fourth-order valence-electron chi connectivity index (χ4n) is 4.30. The lowest BCUT2D eigenvalue weighted by molar-refractivity contribution is 0.102. The number of carbonyl (C=O) groups excluding carboxylic acids is 1. The van der Waals surface area contributed by atoms with Crippen LogP contribution in [0.15, 0.2) is 84.5 Å². The van der Waals surface area contributed by atoms with Gasteiger partial charge in [-0.25, -0.2) is 4.98 Å². The van der Waals surface area contributed by atoms with Crippen LogP contribution in [-0.4, -0.2) is 35.4 Å². The Hall–Kier alpha value is -4.53. The largest absolute Gasteiger partial charge is 0.395 e. The maximum absolute atomic E-state index is 13.0. The zero-order chi connectivity index (χ0) is 25.8. The Morgan fingerprint density at radius 2 is 1.92 bits per heavy atom. The normalized spacial score (nSPS) is 11.5. The average molecular weight is 508 g/mol. The van der Waals surface area contributed by atoms with Crippen LogP contribution >= 0.6 is 11.3 Å². The number of hydrogen-bond donors (Lipinski definition) is 5. The third-order valence-corrected chi connectivity index (χ3v) is 7.09. The quantitative estimate of drug-likeness (QED) is 0.140. The van der Waals surface area contributed by atoms with E-state index in [1.54, 1.807) is 23.7 Å². The number of pyridine rings is 1. The van der Waals surface area contributed by atoms with Crippen LogP contribution in [0.3, 0.4) is 0 Å². The van der Waals surface area contributed by atoms with Crippen LogP contribution in [-0.2, 0) is 0 Å². The number of anilines is 2. The van der Waals surface area contributed by atoms with Gasteiger partial charge in [0.25, 0.3) is 5.91 Å². The fourth-order valence-corrected chi connectivity index (χ4v) is 5.42. The highest BCUT2D eigenvalue weighted by atomic mass is 32.1. The van der Waals surface area contributed by atoms with Crippen LogP contribution in [0.4, 0.5) is 11.5 Å². The summed E-state index contributed by atoms with van der Waals surface area (Å²) in [6, 6.07) is 21.1. The number of nitrogen functional groups attached to an aromatic ring is 1. The van der Waals surface area contributed by atoms with Crippen molar-refractivity contribution < 1.29 is 9.90 Å². The van der Waals surface area contributed by atoms with Gasteiger partial charge in [-0.3, -0.25) is 4.79 Å². The van der Waals surface area contributed by atoms with Crippen molar-refractivity contribution in [1.29, 1.82) is 5.41 Å². The van der Waals surface area contributed by atoms with Gasteiger partial charge in [0.15, 0.2) is 0 Å². The maximum Gasteiger partial charge on any atom is 0.256 e. The zero-order valence-corrected chi connectivity index (χ0v) is 20.7. The number of nitrogens with zero attached hydrogens (tertiary/aromatic N) is 1. The molecule has 5 aromatic rings. The Kier molecular flexibility index (Phi) is 6.93. The Morgan fingerprint density at radius 1 is 1.08 bits per heavy atom. The molecule has 0 aliphatic rings. The van der Waals surface area contributed by atoms with Gasteiger partial charge in [0, 0.05) is 63.2 Å². The molecule has 0 aliphatic carbocycles. The van der Waals surface area contributed by atoms with E-state index < -0.39 is 0 Å². The van der Waals surface area contributed by atoms with Crippen LogP contribution in [0.1, 0.15) is 15.9 Å². The van der Waals surface area contributed by atoms with Crippen molar-refractivity contribution in [1.82, 2.24) is 10.3 Å². The summed E-state index contributed by atoms with van der Waals surface area (Å²) in [5, 5.41) is 27.5. The second-order valence-electron chi connectivity index (χ2n) is 8.39. The van der Waals surface area contributed by atoms with Gasteiger partial charge in [-0.2, -0.15) is 0 Å². The number of aliphatic hydroxyl groups is 1. The van der Waals surface area contributed by atoms with Gasteiger partial charge in [-0.05, 0) is 46.0 Å². The molecular formula is C29H25N5O2S. The Bertz CT molecular complexity index is 1640. The van der Waals surface area contributed by atoms with Crippen molar-refractivity contribution in [2.75, 3.05) is 24.2 Å². The molecule has 37 heavy (non-hydrogen) atoms. The predicted octanol–water partition coefficient (Wildman–Crippen LogP) is 5.52. The van der Waals surface area contributed by atoms with Crippen molar-refractivity contribution in [2.45, 2.75) is 0 Å². The van der Waals surface area contributed by atoms with Crippen molar-refractivity contribution in [3.8, 4) is 11.1 Å². The van der Waals surface area contributed by atoms with E-state index in [-0.39, 0.29) is 12.5 Å². The highest BCUT2D eigenvalue weighted by Crippen LogP contribution is 2.41. The van der Waals surface area contributed by atoms with Crippen molar-refractivity contribution >= 4 is 61.4 Å². The third-order valence-electron chi connectivity index (χ3n) is 6.07. The van der Waals surface area contributed by atoms with Gasteiger partial charge >= 0.3 is 0 Å². The van der Waals surface area contributed by atoms with E-state index >= 15 is 0 Å². The summed E-state index contributed by atoms with van der Waals surface area (Å²) in [5.41, 5.74) is 11.0.